The third-order valence-electron chi connectivity index (χ3n) is 1.99. The first-order valence-electron chi connectivity index (χ1n) is 4.87. The molecule has 82 valence electrons. The van der Waals surface area contributed by atoms with E-state index >= 15 is 0 Å². The molecule has 0 saturated heterocycles. The minimum Gasteiger partial charge on any atom is -0.437 e. The molecule has 0 aliphatic rings. The van der Waals surface area contributed by atoms with Crippen LogP contribution in [0.3, 0.4) is 0 Å². The van der Waals surface area contributed by atoms with E-state index in [2.05, 4.69) is 16.4 Å². The molecule has 1 unspecified atom stereocenters. The van der Waals surface area contributed by atoms with Crippen molar-refractivity contribution in [2.75, 3.05) is 12.3 Å². The number of nitrogens with zero attached hydrogens (tertiary/aromatic N) is 2. The Morgan fingerprint density at radius 2 is 2.33 bits per heavy atom. The second kappa shape index (κ2) is 5.79. The van der Waals surface area contributed by atoms with Gasteiger partial charge in [-0.1, -0.05) is 18.7 Å². The molecular formula is C10H15N3OS. The van der Waals surface area contributed by atoms with Crippen LogP contribution in [0.1, 0.15) is 18.4 Å². The molecule has 15 heavy (non-hydrogen) atoms. The van der Waals surface area contributed by atoms with Gasteiger partial charge < -0.3 is 9.73 Å². The number of hydrogen-bond donors (Lipinski definition) is 1. The molecule has 4 nitrogen and oxygen atoms in total. The fraction of sp³-hybridized carbons (Fsp3) is 0.600. The van der Waals surface area contributed by atoms with Crippen molar-refractivity contribution in [2.45, 2.75) is 32.0 Å². The lowest BCUT2D eigenvalue weighted by atomic mass is 10.4. The van der Waals surface area contributed by atoms with Crippen LogP contribution in [0.15, 0.2) is 9.64 Å². The lowest BCUT2D eigenvalue weighted by molar-refractivity contribution is 0.430. The van der Waals surface area contributed by atoms with Gasteiger partial charge in [-0.25, -0.2) is 4.98 Å². The molecule has 0 aliphatic heterocycles. The molecule has 1 heterocycles. The summed E-state index contributed by atoms with van der Waals surface area (Å²) in [7, 11) is 0. The summed E-state index contributed by atoms with van der Waals surface area (Å²) >= 11 is 1.47. The highest BCUT2D eigenvalue weighted by Gasteiger charge is 2.10. The average Bonchev–Trinajstić information content (AvgIpc) is 2.53. The Labute approximate surface area is 94.1 Å². The van der Waals surface area contributed by atoms with Crippen molar-refractivity contribution in [1.82, 2.24) is 10.3 Å². The van der Waals surface area contributed by atoms with Crippen LogP contribution >= 0.6 is 11.8 Å². The maximum atomic E-state index is 8.82. The highest BCUT2D eigenvalue weighted by atomic mass is 32.2. The normalized spacial score (nSPS) is 12.4. The monoisotopic (exact) mass is 225 g/mol. The van der Waals surface area contributed by atoms with E-state index in [9.17, 15) is 0 Å². The fourth-order valence-electron chi connectivity index (χ4n) is 1.05. The molecular weight excluding hydrogens is 210 g/mol. The van der Waals surface area contributed by atoms with E-state index < -0.39 is 0 Å². The molecule has 1 rings (SSSR count). The summed E-state index contributed by atoms with van der Waals surface area (Å²) < 4.78 is 5.40. The number of nitrogens with one attached hydrogen (secondary N) is 1. The van der Waals surface area contributed by atoms with E-state index in [0.717, 1.165) is 18.0 Å². The van der Waals surface area contributed by atoms with Gasteiger partial charge in [-0.05, 0) is 20.4 Å². The summed E-state index contributed by atoms with van der Waals surface area (Å²) in [6.07, 6.45) is 0. The van der Waals surface area contributed by atoms with Crippen LogP contribution < -0.4 is 5.32 Å². The third-order valence-corrected chi connectivity index (χ3v) is 2.91. The van der Waals surface area contributed by atoms with Gasteiger partial charge >= 0.3 is 0 Å². The Morgan fingerprint density at radius 1 is 1.60 bits per heavy atom. The van der Waals surface area contributed by atoms with E-state index in [1.54, 1.807) is 0 Å². The van der Waals surface area contributed by atoms with Crippen molar-refractivity contribution < 1.29 is 4.42 Å². The summed E-state index contributed by atoms with van der Waals surface area (Å²) in [5.41, 5.74) is 0.912. The van der Waals surface area contributed by atoms with Crippen molar-refractivity contribution >= 4 is 11.8 Å². The van der Waals surface area contributed by atoms with Crippen LogP contribution in [-0.4, -0.2) is 23.3 Å². The van der Waals surface area contributed by atoms with Gasteiger partial charge in [0, 0.05) is 5.75 Å². The topological polar surface area (TPSA) is 61.9 Å². The van der Waals surface area contributed by atoms with Crippen LogP contribution in [0.4, 0.5) is 0 Å². The molecule has 0 fully saturated rings. The standard InChI is InChI=1S/C10H15N3OS/c1-4-12-9(5-11)6-15-10-13-7(2)8(3)14-10/h9,12H,4,6H2,1-3H3. The van der Waals surface area contributed by atoms with Crippen molar-refractivity contribution in [1.29, 1.82) is 5.26 Å². The molecule has 0 aromatic carbocycles. The highest BCUT2D eigenvalue weighted by molar-refractivity contribution is 7.99. The first kappa shape index (κ1) is 12.1. The second-order valence-corrected chi connectivity index (χ2v) is 4.14. The number of aryl methyl sites for hydroxylation is 2. The van der Waals surface area contributed by atoms with E-state index in [0.29, 0.717) is 11.0 Å². The first-order chi connectivity index (χ1) is 7.17. The summed E-state index contributed by atoms with van der Waals surface area (Å²) in [5, 5.41) is 12.5. The number of thioether (sulfide) groups is 1. The number of oxazole rings is 1. The van der Waals surface area contributed by atoms with Crippen molar-refractivity contribution in [3.05, 3.63) is 11.5 Å². The molecule has 0 aliphatic carbocycles. The van der Waals surface area contributed by atoms with Gasteiger partial charge in [0.1, 0.15) is 11.8 Å². The minimum atomic E-state index is -0.146. The Hall–Kier alpha value is -0.990. The maximum absolute atomic E-state index is 8.82. The molecule has 0 spiro atoms. The van der Waals surface area contributed by atoms with Crippen LogP contribution in [0, 0.1) is 25.2 Å². The van der Waals surface area contributed by atoms with E-state index in [1.165, 1.54) is 11.8 Å². The number of nitriles is 1. The van der Waals surface area contributed by atoms with Gasteiger partial charge in [-0.15, -0.1) is 0 Å². The summed E-state index contributed by atoms with van der Waals surface area (Å²) in [5.74, 6) is 1.50. The molecule has 1 aromatic rings. The zero-order valence-electron chi connectivity index (χ0n) is 9.20. The van der Waals surface area contributed by atoms with E-state index in [4.69, 9.17) is 9.68 Å². The first-order valence-corrected chi connectivity index (χ1v) is 5.85. The third kappa shape index (κ3) is 3.57. The SMILES string of the molecule is CCNC(C#N)CSc1nc(C)c(C)o1. The number of aromatic nitrogens is 1. The molecule has 5 heteroatoms. The molecule has 0 radical (unpaired) electrons. The quantitative estimate of drug-likeness (QED) is 0.775. The molecule has 1 N–H and O–H groups in total. The molecule has 1 atom stereocenters. The second-order valence-electron chi connectivity index (χ2n) is 3.17. The van der Waals surface area contributed by atoms with Crippen molar-refractivity contribution in [2.24, 2.45) is 0 Å². The zero-order chi connectivity index (χ0) is 11.3. The number of rotatable bonds is 5. The Morgan fingerprint density at radius 3 is 2.80 bits per heavy atom. The zero-order valence-corrected chi connectivity index (χ0v) is 10.0. The highest BCUT2D eigenvalue weighted by Crippen LogP contribution is 2.20. The fourth-order valence-corrected chi connectivity index (χ4v) is 1.93. The van der Waals surface area contributed by atoms with Crippen LogP contribution in [0.2, 0.25) is 0 Å². The Bertz CT molecular complexity index is 337. The minimum absolute atomic E-state index is 0.146. The smallest absolute Gasteiger partial charge is 0.256 e. The maximum Gasteiger partial charge on any atom is 0.256 e. The van der Waals surface area contributed by atoms with Gasteiger partial charge in [-0.3, -0.25) is 0 Å². The summed E-state index contributed by atoms with van der Waals surface area (Å²) in [6.45, 7) is 6.57. The lowest BCUT2D eigenvalue weighted by Crippen LogP contribution is -2.29. The van der Waals surface area contributed by atoms with Crippen LogP contribution in [0.25, 0.3) is 0 Å². The molecule has 0 saturated carbocycles. The van der Waals surface area contributed by atoms with Gasteiger partial charge in [0.2, 0.25) is 0 Å². The molecule has 0 amide bonds. The van der Waals surface area contributed by atoms with Gasteiger partial charge in [-0.2, -0.15) is 5.26 Å². The molecule has 0 bridgehead atoms. The number of hydrogen-bond acceptors (Lipinski definition) is 5. The van der Waals surface area contributed by atoms with Crippen LogP contribution in [-0.2, 0) is 0 Å². The lowest BCUT2D eigenvalue weighted by Gasteiger charge is -2.06. The van der Waals surface area contributed by atoms with Crippen LogP contribution in [0.5, 0.6) is 0 Å². The Balaban J connectivity index is 2.46. The summed E-state index contributed by atoms with van der Waals surface area (Å²) in [6, 6.07) is 2.05. The van der Waals surface area contributed by atoms with Gasteiger partial charge in [0.05, 0.1) is 11.8 Å². The van der Waals surface area contributed by atoms with Gasteiger partial charge in [0.15, 0.2) is 0 Å². The average molecular weight is 225 g/mol. The predicted octanol–water partition coefficient (Wildman–Crippen LogP) is 1.89. The predicted molar refractivity (Wildman–Crippen MR) is 59.8 cm³/mol. The molecule has 1 aromatic heterocycles. The van der Waals surface area contributed by atoms with E-state index in [1.807, 2.05) is 20.8 Å². The Kier molecular flexibility index (Phi) is 4.66. The van der Waals surface area contributed by atoms with Crippen molar-refractivity contribution in [3.63, 3.8) is 0 Å². The van der Waals surface area contributed by atoms with E-state index in [-0.39, 0.29) is 6.04 Å². The largest absolute Gasteiger partial charge is 0.437 e. The summed E-state index contributed by atoms with van der Waals surface area (Å²) in [4.78, 5) is 4.24. The van der Waals surface area contributed by atoms with Crippen molar-refractivity contribution in [3.8, 4) is 6.07 Å². The van der Waals surface area contributed by atoms with Gasteiger partial charge in [0.25, 0.3) is 5.22 Å².